The quantitative estimate of drug-likeness (QED) is 0.800. The van der Waals surface area contributed by atoms with Crippen LogP contribution in [-0.2, 0) is 6.54 Å². The zero-order chi connectivity index (χ0) is 12.1. The molecule has 16 heavy (non-hydrogen) atoms. The van der Waals surface area contributed by atoms with Crippen LogP contribution in [0.4, 0.5) is 5.69 Å². The van der Waals surface area contributed by atoms with Crippen molar-refractivity contribution in [1.82, 2.24) is 4.90 Å². The van der Waals surface area contributed by atoms with Crippen LogP contribution in [0.1, 0.15) is 25.8 Å². The first-order valence-corrected chi connectivity index (χ1v) is 6.13. The van der Waals surface area contributed by atoms with Gasteiger partial charge in [0.2, 0.25) is 0 Å². The molecule has 1 aromatic carbocycles. The summed E-state index contributed by atoms with van der Waals surface area (Å²) in [6.45, 7) is 6.52. The van der Waals surface area contributed by atoms with Crippen molar-refractivity contribution in [3.63, 3.8) is 0 Å². The van der Waals surface area contributed by atoms with Gasteiger partial charge in [-0.25, -0.2) is 0 Å². The third-order valence-electron chi connectivity index (χ3n) is 2.84. The number of halogens is 1. The molecule has 0 aromatic heterocycles. The van der Waals surface area contributed by atoms with Crippen molar-refractivity contribution in [2.45, 2.75) is 26.8 Å². The third kappa shape index (κ3) is 4.03. The predicted molar refractivity (Wildman–Crippen MR) is 71.7 cm³/mol. The van der Waals surface area contributed by atoms with E-state index in [1.165, 1.54) is 12.0 Å². The second-order valence-electron chi connectivity index (χ2n) is 4.57. The SMILES string of the molecule is CCC(C)CN(C)Cc1ccc(N)c(Cl)c1. The maximum atomic E-state index is 5.99. The van der Waals surface area contributed by atoms with Gasteiger partial charge >= 0.3 is 0 Å². The number of benzene rings is 1. The van der Waals surface area contributed by atoms with Gasteiger partial charge in [0.15, 0.2) is 0 Å². The number of rotatable bonds is 5. The molecule has 0 aliphatic carbocycles. The summed E-state index contributed by atoms with van der Waals surface area (Å²) < 4.78 is 0. The molecule has 3 heteroatoms. The molecular weight excluding hydrogens is 220 g/mol. The van der Waals surface area contributed by atoms with Crippen LogP contribution in [0.3, 0.4) is 0 Å². The van der Waals surface area contributed by atoms with Crippen LogP contribution in [-0.4, -0.2) is 18.5 Å². The third-order valence-corrected chi connectivity index (χ3v) is 3.16. The molecule has 90 valence electrons. The summed E-state index contributed by atoms with van der Waals surface area (Å²) in [7, 11) is 2.14. The number of nitrogens with two attached hydrogens (primary N) is 1. The first kappa shape index (κ1) is 13.3. The van der Waals surface area contributed by atoms with E-state index in [1.807, 2.05) is 18.2 Å². The maximum absolute atomic E-state index is 5.99. The average molecular weight is 241 g/mol. The van der Waals surface area contributed by atoms with Crippen molar-refractivity contribution < 1.29 is 0 Å². The minimum absolute atomic E-state index is 0.648. The van der Waals surface area contributed by atoms with Crippen LogP contribution in [0.5, 0.6) is 0 Å². The average Bonchev–Trinajstić information content (AvgIpc) is 2.23. The number of nitrogen functional groups attached to an aromatic ring is 1. The molecule has 0 aliphatic heterocycles. The van der Waals surface area contributed by atoms with E-state index in [9.17, 15) is 0 Å². The Morgan fingerprint density at radius 3 is 2.69 bits per heavy atom. The summed E-state index contributed by atoms with van der Waals surface area (Å²) >= 11 is 5.99. The van der Waals surface area contributed by atoms with E-state index in [0.717, 1.165) is 19.0 Å². The summed E-state index contributed by atoms with van der Waals surface area (Å²) in [4.78, 5) is 2.32. The summed E-state index contributed by atoms with van der Waals surface area (Å²) in [6.07, 6.45) is 1.22. The van der Waals surface area contributed by atoms with Crippen LogP contribution in [0.25, 0.3) is 0 Å². The zero-order valence-electron chi connectivity index (χ0n) is 10.3. The van der Waals surface area contributed by atoms with Gasteiger partial charge in [-0.1, -0.05) is 37.9 Å². The topological polar surface area (TPSA) is 29.3 Å². The predicted octanol–water partition coefficient (Wildman–Crippen LogP) is 3.40. The van der Waals surface area contributed by atoms with Gasteiger partial charge in [-0.15, -0.1) is 0 Å². The Balaban J connectivity index is 2.56. The van der Waals surface area contributed by atoms with Crippen LogP contribution >= 0.6 is 11.6 Å². The van der Waals surface area contributed by atoms with Gasteiger partial charge in [-0.05, 0) is 30.7 Å². The van der Waals surface area contributed by atoms with E-state index < -0.39 is 0 Å². The fourth-order valence-electron chi connectivity index (χ4n) is 1.71. The largest absolute Gasteiger partial charge is 0.398 e. The van der Waals surface area contributed by atoms with Crippen LogP contribution < -0.4 is 5.73 Å². The molecule has 0 spiro atoms. The van der Waals surface area contributed by atoms with Gasteiger partial charge in [0.25, 0.3) is 0 Å². The lowest BCUT2D eigenvalue weighted by Crippen LogP contribution is -2.23. The molecule has 0 bridgehead atoms. The molecule has 0 aliphatic rings. The first-order valence-electron chi connectivity index (χ1n) is 5.75. The minimum atomic E-state index is 0.648. The van der Waals surface area contributed by atoms with E-state index in [4.69, 9.17) is 17.3 Å². The Kier molecular flexibility index (Phi) is 5.10. The van der Waals surface area contributed by atoms with Gasteiger partial charge in [0.1, 0.15) is 0 Å². The summed E-state index contributed by atoms with van der Waals surface area (Å²) in [5, 5.41) is 0.648. The second kappa shape index (κ2) is 6.12. The van der Waals surface area contributed by atoms with Crippen molar-refractivity contribution in [2.75, 3.05) is 19.3 Å². The lowest BCUT2D eigenvalue weighted by Gasteiger charge is -2.20. The first-order chi connectivity index (χ1) is 7.52. The van der Waals surface area contributed by atoms with Crippen LogP contribution in [0.15, 0.2) is 18.2 Å². The lowest BCUT2D eigenvalue weighted by molar-refractivity contribution is 0.275. The fraction of sp³-hybridized carbons (Fsp3) is 0.538. The number of anilines is 1. The highest BCUT2D eigenvalue weighted by molar-refractivity contribution is 6.33. The Hall–Kier alpha value is -0.730. The molecule has 0 saturated carbocycles. The summed E-state index contributed by atoms with van der Waals surface area (Å²) in [5.74, 6) is 0.731. The molecule has 2 N–H and O–H groups in total. The van der Waals surface area contributed by atoms with Gasteiger partial charge in [-0.3, -0.25) is 0 Å². The molecule has 1 unspecified atom stereocenters. The Labute approximate surface area is 103 Å². The molecule has 1 atom stereocenters. The Bertz CT molecular complexity index is 339. The molecule has 0 saturated heterocycles. The summed E-state index contributed by atoms with van der Waals surface area (Å²) in [5.41, 5.74) is 7.54. The maximum Gasteiger partial charge on any atom is 0.0638 e. The fourth-order valence-corrected chi connectivity index (χ4v) is 1.91. The van der Waals surface area contributed by atoms with Crippen LogP contribution in [0.2, 0.25) is 5.02 Å². The lowest BCUT2D eigenvalue weighted by atomic mass is 10.1. The highest BCUT2D eigenvalue weighted by Crippen LogP contribution is 2.20. The molecule has 0 amide bonds. The van der Waals surface area contributed by atoms with E-state index in [1.54, 1.807) is 0 Å². The normalized spacial score (nSPS) is 13.1. The smallest absolute Gasteiger partial charge is 0.0638 e. The zero-order valence-corrected chi connectivity index (χ0v) is 11.1. The van der Waals surface area contributed by atoms with Gasteiger partial charge in [0, 0.05) is 13.1 Å². The standard InChI is InChI=1S/C13H21ClN2/c1-4-10(2)8-16(3)9-11-5-6-13(15)12(14)7-11/h5-7,10H,4,8-9,15H2,1-3H3. The summed E-state index contributed by atoms with van der Waals surface area (Å²) in [6, 6.07) is 5.85. The van der Waals surface area contributed by atoms with E-state index in [0.29, 0.717) is 10.7 Å². The minimum Gasteiger partial charge on any atom is -0.398 e. The Morgan fingerprint density at radius 2 is 2.12 bits per heavy atom. The van der Waals surface area contributed by atoms with E-state index in [2.05, 4.69) is 25.8 Å². The number of hydrogen-bond donors (Lipinski definition) is 1. The highest BCUT2D eigenvalue weighted by Gasteiger charge is 2.06. The van der Waals surface area contributed by atoms with E-state index in [-0.39, 0.29) is 0 Å². The van der Waals surface area contributed by atoms with Gasteiger partial charge in [0.05, 0.1) is 10.7 Å². The molecule has 0 radical (unpaired) electrons. The molecule has 0 fully saturated rings. The van der Waals surface area contributed by atoms with E-state index >= 15 is 0 Å². The van der Waals surface area contributed by atoms with Crippen molar-refractivity contribution in [1.29, 1.82) is 0 Å². The van der Waals surface area contributed by atoms with Crippen LogP contribution in [0, 0.1) is 5.92 Å². The van der Waals surface area contributed by atoms with Crippen molar-refractivity contribution in [2.24, 2.45) is 5.92 Å². The molecule has 1 rings (SSSR count). The Morgan fingerprint density at radius 1 is 1.44 bits per heavy atom. The highest BCUT2D eigenvalue weighted by atomic mass is 35.5. The molecule has 0 heterocycles. The number of hydrogen-bond acceptors (Lipinski definition) is 2. The van der Waals surface area contributed by atoms with Crippen molar-refractivity contribution in [3.05, 3.63) is 28.8 Å². The van der Waals surface area contributed by atoms with Crippen molar-refractivity contribution in [3.8, 4) is 0 Å². The van der Waals surface area contributed by atoms with Crippen molar-refractivity contribution >= 4 is 17.3 Å². The van der Waals surface area contributed by atoms with Gasteiger partial charge in [-0.2, -0.15) is 0 Å². The number of nitrogens with zero attached hydrogens (tertiary/aromatic N) is 1. The molecule has 1 aromatic rings. The molecular formula is C13H21ClN2. The van der Waals surface area contributed by atoms with Gasteiger partial charge < -0.3 is 10.6 Å². The second-order valence-corrected chi connectivity index (χ2v) is 4.97. The monoisotopic (exact) mass is 240 g/mol. The molecule has 2 nitrogen and oxygen atoms in total.